The van der Waals surface area contributed by atoms with Crippen LogP contribution in [-0.4, -0.2) is 41.6 Å². The van der Waals surface area contributed by atoms with Crippen LogP contribution in [0.4, 0.5) is 11.4 Å². The van der Waals surface area contributed by atoms with Gasteiger partial charge in [0.05, 0.1) is 11.0 Å². The molecule has 0 radical (unpaired) electrons. The lowest BCUT2D eigenvalue weighted by Crippen LogP contribution is -2.42. The number of nitrogens with one attached hydrogen (secondary N) is 3. The molecule has 0 bridgehead atoms. The SMILES string of the molecule is Cc1ccc(NCCCNC(=O)C2CSCN2)c([N+](=O)[O-])c1. The maximum Gasteiger partial charge on any atom is 0.292 e. The average molecular weight is 324 g/mol. The van der Waals surface area contributed by atoms with Gasteiger partial charge in [-0.2, -0.15) is 0 Å². The summed E-state index contributed by atoms with van der Waals surface area (Å²) in [6.45, 7) is 2.94. The number of rotatable bonds is 7. The number of hydrogen-bond donors (Lipinski definition) is 3. The second-order valence-corrected chi connectivity index (χ2v) is 6.15. The molecule has 1 aromatic carbocycles. The van der Waals surface area contributed by atoms with Gasteiger partial charge in [-0.1, -0.05) is 6.07 Å². The predicted octanol–water partition coefficient (Wildman–Crippen LogP) is 1.48. The smallest absolute Gasteiger partial charge is 0.292 e. The van der Waals surface area contributed by atoms with Crippen LogP contribution in [0.25, 0.3) is 0 Å². The van der Waals surface area contributed by atoms with E-state index in [-0.39, 0.29) is 22.6 Å². The van der Waals surface area contributed by atoms with Gasteiger partial charge in [0, 0.05) is 30.8 Å². The first-order valence-electron chi connectivity index (χ1n) is 7.15. The van der Waals surface area contributed by atoms with Gasteiger partial charge in [0.1, 0.15) is 5.69 Å². The molecule has 0 spiro atoms. The van der Waals surface area contributed by atoms with Crippen LogP contribution in [0.1, 0.15) is 12.0 Å². The minimum Gasteiger partial charge on any atom is -0.379 e. The molecule has 2 rings (SSSR count). The summed E-state index contributed by atoms with van der Waals surface area (Å²) in [5.74, 6) is 1.64. The number of carbonyl (C=O) groups excluding carboxylic acids is 1. The first-order valence-corrected chi connectivity index (χ1v) is 8.31. The zero-order valence-electron chi connectivity index (χ0n) is 12.4. The number of nitro benzene ring substituents is 1. The molecule has 22 heavy (non-hydrogen) atoms. The fraction of sp³-hybridized carbons (Fsp3) is 0.500. The maximum absolute atomic E-state index is 11.8. The lowest BCUT2D eigenvalue weighted by atomic mass is 10.2. The third-order valence-corrected chi connectivity index (χ3v) is 4.29. The Bertz CT molecular complexity index is 547. The molecule has 1 aliphatic heterocycles. The van der Waals surface area contributed by atoms with Crippen LogP contribution in [0.2, 0.25) is 0 Å². The summed E-state index contributed by atoms with van der Waals surface area (Å²) >= 11 is 1.71. The van der Waals surface area contributed by atoms with E-state index in [1.54, 1.807) is 23.9 Å². The van der Waals surface area contributed by atoms with Gasteiger partial charge in [0.25, 0.3) is 5.69 Å². The second-order valence-electron chi connectivity index (χ2n) is 5.12. The van der Waals surface area contributed by atoms with Crippen molar-refractivity contribution in [3.63, 3.8) is 0 Å². The highest BCUT2D eigenvalue weighted by Crippen LogP contribution is 2.25. The predicted molar refractivity (Wildman–Crippen MR) is 88.2 cm³/mol. The van der Waals surface area contributed by atoms with E-state index in [2.05, 4.69) is 16.0 Å². The molecule has 8 heteroatoms. The lowest BCUT2D eigenvalue weighted by molar-refractivity contribution is -0.384. The molecular formula is C14H20N4O3S. The molecule has 1 atom stereocenters. The molecule has 0 aliphatic carbocycles. The fourth-order valence-corrected chi connectivity index (χ4v) is 3.09. The highest BCUT2D eigenvalue weighted by atomic mass is 32.2. The van der Waals surface area contributed by atoms with Crippen LogP contribution in [0.5, 0.6) is 0 Å². The zero-order valence-corrected chi connectivity index (χ0v) is 13.2. The van der Waals surface area contributed by atoms with Gasteiger partial charge in [0.2, 0.25) is 5.91 Å². The van der Waals surface area contributed by atoms with Gasteiger partial charge >= 0.3 is 0 Å². The summed E-state index contributed by atoms with van der Waals surface area (Å²) in [7, 11) is 0. The van der Waals surface area contributed by atoms with E-state index in [1.807, 2.05) is 13.0 Å². The van der Waals surface area contributed by atoms with Crippen molar-refractivity contribution < 1.29 is 9.72 Å². The highest BCUT2D eigenvalue weighted by molar-refractivity contribution is 7.99. The number of anilines is 1. The van der Waals surface area contributed by atoms with Crippen LogP contribution in [0, 0.1) is 17.0 Å². The van der Waals surface area contributed by atoms with E-state index in [9.17, 15) is 14.9 Å². The van der Waals surface area contributed by atoms with E-state index < -0.39 is 0 Å². The summed E-state index contributed by atoms with van der Waals surface area (Å²) in [4.78, 5) is 22.4. The fourth-order valence-electron chi connectivity index (χ4n) is 2.15. The quantitative estimate of drug-likeness (QED) is 0.399. The van der Waals surface area contributed by atoms with Crippen molar-refractivity contribution in [3.8, 4) is 0 Å². The molecule has 7 nitrogen and oxygen atoms in total. The molecular weight excluding hydrogens is 304 g/mol. The Hall–Kier alpha value is -1.80. The van der Waals surface area contributed by atoms with Crippen LogP contribution in [0.3, 0.4) is 0 Å². The van der Waals surface area contributed by atoms with Crippen LogP contribution in [0.15, 0.2) is 18.2 Å². The van der Waals surface area contributed by atoms with Gasteiger partial charge in [-0.05, 0) is 25.0 Å². The standard InChI is InChI=1S/C14H20N4O3S/c1-10-3-4-11(13(7-10)18(20)21)15-5-2-6-16-14(19)12-8-22-9-17-12/h3-4,7,12,15,17H,2,5-6,8-9H2,1H3,(H,16,19). The first kappa shape index (κ1) is 16.6. The number of hydrogen-bond acceptors (Lipinski definition) is 6. The van der Waals surface area contributed by atoms with E-state index >= 15 is 0 Å². The third-order valence-electron chi connectivity index (χ3n) is 3.35. The van der Waals surface area contributed by atoms with E-state index in [4.69, 9.17) is 0 Å². The number of amides is 1. The summed E-state index contributed by atoms with van der Waals surface area (Å²) in [6.07, 6.45) is 0.705. The molecule has 1 heterocycles. The topological polar surface area (TPSA) is 96.3 Å². The van der Waals surface area contributed by atoms with Gasteiger partial charge in [-0.25, -0.2) is 0 Å². The van der Waals surface area contributed by atoms with E-state index in [1.165, 1.54) is 0 Å². The Labute approximate surface area is 133 Å². The number of benzene rings is 1. The average Bonchev–Trinajstić information content (AvgIpc) is 3.02. The van der Waals surface area contributed by atoms with Crippen molar-refractivity contribution in [2.75, 3.05) is 30.0 Å². The molecule has 1 saturated heterocycles. The molecule has 0 saturated carbocycles. The van der Waals surface area contributed by atoms with Crippen molar-refractivity contribution in [3.05, 3.63) is 33.9 Å². The molecule has 1 fully saturated rings. The number of nitrogens with zero attached hydrogens (tertiary/aromatic N) is 1. The minimum absolute atomic E-state index is 0.0197. The van der Waals surface area contributed by atoms with Crippen LogP contribution >= 0.6 is 11.8 Å². The Kier molecular flexibility index (Phi) is 6.02. The minimum atomic E-state index is -0.388. The monoisotopic (exact) mass is 324 g/mol. The van der Waals surface area contributed by atoms with Crippen LogP contribution in [-0.2, 0) is 4.79 Å². The molecule has 1 aromatic rings. The van der Waals surface area contributed by atoms with Gasteiger partial charge in [0.15, 0.2) is 0 Å². The molecule has 1 aliphatic rings. The normalized spacial score (nSPS) is 17.2. The first-order chi connectivity index (χ1) is 10.6. The van der Waals surface area contributed by atoms with Crippen molar-refractivity contribution in [2.45, 2.75) is 19.4 Å². The zero-order chi connectivity index (χ0) is 15.9. The molecule has 1 amide bonds. The van der Waals surface area contributed by atoms with Crippen molar-refractivity contribution >= 4 is 29.0 Å². The van der Waals surface area contributed by atoms with Gasteiger partial charge < -0.3 is 10.6 Å². The van der Waals surface area contributed by atoms with Crippen molar-refractivity contribution in [1.29, 1.82) is 0 Å². The van der Waals surface area contributed by atoms with Gasteiger partial charge in [-0.3, -0.25) is 20.2 Å². The number of aryl methyl sites for hydroxylation is 1. The number of nitro groups is 1. The molecule has 3 N–H and O–H groups in total. The Morgan fingerprint density at radius 1 is 1.50 bits per heavy atom. The number of thioether (sulfide) groups is 1. The summed E-state index contributed by atoms with van der Waals surface area (Å²) < 4.78 is 0. The van der Waals surface area contributed by atoms with Crippen LogP contribution < -0.4 is 16.0 Å². The lowest BCUT2D eigenvalue weighted by Gasteiger charge is -2.11. The molecule has 120 valence electrons. The Balaban J connectivity index is 1.72. The molecule has 1 unspecified atom stereocenters. The maximum atomic E-state index is 11.8. The Morgan fingerprint density at radius 2 is 2.32 bits per heavy atom. The summed E-state index contributed by atoms with van der Waals surface area (Å²) in [5, 5.41) is 20.0. The molecule has 0 aromatic heterocycles. The Morgan fingerprint density at radius 3 is 3.00 bits per heavy atom. The summed E-state index contributed by atoms with van der Waals surface area (Å²) in [6, 6.07) is 5.00. The summed E-state index contributed by atoms with van der Waals surface area (Å²) in [5.41, 5.74) is 1.44. The number of carbonyl (C=O) groups is 1. The van der Waals surface area contributed by atoms with Crippen molar-refractivity contribution in [2.24, 2.45) is 0 Å². The van der Waals surface area contributed by atoms with Crippen molar-refractivity contribution in [1.82, 2.24) is 10.6 Å². The second kappa shape index (κ2) is 8.00. The van der Waals surface area contributed by atoms with E-state index in [0.29, 0.717) is 25.2 Å². The largest absolute Gasteiger partial charge is 0.379 e. The third kappa shape index (κ3) is 4.60. The van der Waals surface area contributed by atoms with Gasteiger partial charge in [-0.15, -0.1) is 11.8 Å². The van der Waals surface area contributed by atoms with E-state index in [0.717, 1.165) is 17.2 Å². The highest BCUT2D eigenvalue weighted by Gasteiger charge is 2.21.